The molecule has 0 amide bonds. The predicted octanol–water partition coefficient (Wildman–Crippen LogP) is 4.23. The van der Waals surface area contributed by atoms with Gasteiger partial charge in [0.1, 0.15) is 29.8 Å². The van der Waals surface area contributed by atoms with Gasteiger partial charge < -0.3 is 19.3 Å². The largest absolute Gasteiger partial charge is 0.389 e. The molecule has 0 radical (unpaired) electrons. The number of halogens is 1. The molecule has 0 spiro atoms. The van der Waals surface area contributed by atoms with Crippen molar-refractivity contribution in [3.63, 3.8) is 0 Å². The SMILES string of the molecule is Cc1nc([C@@H]2O[C@@H]3COC(c4ccccc4)O[C@@H]3[C@H](N=[N+]=[N-])[C@H]2O)n(-c2ccc3nc(C)sc3c2F)n1. The monoisotopic (exact) mass is 523 g/mol. The average Bonchev–Trinajstić information content (AvgIpc) is 3.48. The van der Waals surface area contributed by atoms with E-state index in [0.29, 0.717) is 16.0 Å². The lowest BCUT2D eigenvalue weighted by atomic mass is 9.91. The Bertz CT molecular complexity index is 1510. The summed E-state index contributed by atoms with van der Waals surface area (Å²) in [7, 11) is 0. The lowest BCUT2D eigenvalue weighted by Crippen LogP contribution is -2.58. The molecule has 0 bridgehead atoms. The standard InChI is InChI=1S/C24H22FN7O4S/c1-11-27-23(32(30-11)15-9-8-14-22(17(15)25)37-12(2)28-14)21-19(33)18(29-31-26)20-16(35-21)10-34-24(36-20)13-6-4-3-5-7-13/h3-9,16,18-21,24,33H,10H2,1-2H3/t16-,18-,19-,20+,21-,24?/m1/s1. The van der Waals surface area contributed by atoms with Crippen LogP contribution in [0.5, 0.6) is 0 Å². The van der Waals surface area contributed by atoms with Gasteiger partial charge in [-0.15, -0.1) is 11.3 Å². The number of hydrogen-bond acceptors (Lipinski definition) is 9. The molecule has 2 aromatic carbocycles. The van der Waals surface area contributed by atoms with E-state index in [0.717, 1.165) is 10.6 Å². The van der Waals surface area contributed by atoms with Crippen LogP contribution in [0.15, 0.2) is 47.6 Å². The third-order valence-corrected chi connectivity index (χ3v) is 7.42. The van der Waals surface area contributed by atoms with Crippen LogP contribution in [-0.4, -0.2) is 55.8 Å². The molecule has 2 aromatic heterocycles. The number of ether oxygens (including phenoxy) is 3. The number of aliphatic hydroxyl groups excluding tert-OH is 1. The van der Waals surface area contributed by atoms with Gasteiger partial charge in [-0.2, -0.15) is 5.10 Å². The third-order valence-electron chi connectivity index (χ3n) is 6.44. The average molecular weight is 524 g/mol. The zero-order valence-electron chi connectivity index (χ0n) is 19.8. The van der Waals surface area contributed by atoms with Crippen LogP contribution in [0, 0.1) is 19.7 Å². The first-order valence-corrected chi connectivity index (χ1v) is 12.5. The summed E-state index contributed by atoms with van der Waals surface area (Å²) in [6, 6.07) is 11.6. The molecule has 2 saturated heterocycles. The van der Waals surface area contributed by atoms with Crippen molar-refractivity contribution in [1.82, 2.24) is 19.7 Å². The summed E-state index contributed by atoms with van der Waals surface area (Å²) in [6.07, 6.45) is -4.58. The summed E-state index contributed by atoms with van der Waals surface area (Å²) in [6.45, 7) is 3.59. The van der Waals surface area contributed by atoms with E-state index in [9.17, 15) is 10.6 Å². The second-order valence-corrected chi connectivity index (χ2v) is 10.1. The molecule has 6 rings (SSSR count). The van der Waals surface area contributed by atoms with E-state index in [1.54, 1.807) is 19.1 Å². The minimum Gasteiger partial charge on any atom is -0.389 e. The van der Waals surface area contributed by atoms with E-state index in [-0.39, 0.29) is 18.1 Å². The highest BCUT2D eigenvalue weighted by Gasteiger charge is 2.51. The highest BCUT2D eigenvalue weighted by atomic mass is 32.1. The molecule has 1 unspecified atom stereocenters. The summed E-state index contributed by atoms with van der Waals surface area (Å²) >= 11 is 1.24. The highest BCUT2D eigenvalue weighted by molar-refractivity contribution is 7.18. The van der Waals surface area contributed by atoms with Gasteiger partial charge in [0, 0.05) is 10.5 Å². The van der Waals surface area contributed by atoms with Crippen molar-refractivity contribution in [3.05, 3.63) is 80.9 Å². The molecule has 4 heterocycles. The Kier molecular flexibility index (Phi) is 6.11. The number of hydrogen-bond donors (Lipinski definition) is 1. The van der Waals surface area contributed by atoms with Crippen LogP contribution in [0.1, 0.15) is 34.6 Å². The highest BCUT2D eigenvalue weighted by Crippen LogP contribution is 2.40. The van der Waals surface area contributed by atoms with Crippen LogP contribution < -0.4 is 0 Å². The van der Waals surface area contributed by atoms with Crippen LogP contribution in [0.4, 0.5) is 4.39 Å². The predicted molar refractivity (Wildman–Crippen MR) is 131 cm³/mol. The lowest BCUT2D eigenvalue weighted by molar-refractivity contribution is -0.309. The van der Waals surface area contributed by atoms with Gasteiger partial charge in [0.25, 0.3) is 0 Å². The minimum absolute atomic E-state index is 0.123. The van der Waals surface area contributed by atoms with Crippen LogP contribution in [0.25, 0.3) is 26.3 Å². The fourth-order valence-corrected chi connectivity index (χ4v) is 5.67. The summed E-state index contributed by atoms with van der Waals surface area (Å²) in [5.41, 5.74) is 10.8. The molecule has 0 saturated carbocycles. The van der Waals surface area contributed by atoms with Crippen molar-refractivity contribution in [3.8, 4) is 5.69 Å². The van der Waals surface area contributed by atoms with E-state index in [4.69, 9.17) is 14.2 Å². The van der Waals surface area contributed by atoms with Gasteiger partial charge in [-0.25, -0.2) is 19.0 Å². The first-order chi connectivity index (χ1) is 17.9. The Balaban J connectivity index is 1.36. The quantitative estimate of drug-likeness (QED) is 0.240. The van der Waals surface area contributed by atoms with Gasteiger partial charge in [-0.1, -0.05) is 35.4 Å². The number of aromatic nitrogens is 4. The van der Waals surface area contributed by atoms with E-state index in [1.165, 1.54) is 16.0 Å². The number of thiazole rings is 1. The number of rotatable bonds is 4. The fraction of sp³-hybridized carbons (Fsp3) is 0.375. The van der Waals surface area contributed by atoms with E-state index in [2.05, 4.69) is 25.1 Å². The maximum absolute atomic E-state index is 15.6. The van der Waals surface area contributed by atoms with Crippen LogP contribution in [0.3, 0.4) is 0 Å². The van der Waals surface area contributed by atoms with Gasteiger partial charge in [-0.05, 0) is 31.5 Å². The summed E-state index contributed by atoms with van der Waals surface area (Å²) in [4.78, 5) is 11.7. The Morgan fingerprint density at radius 1 is 1.16 bits per heavy atom. The van der Waals surface area contributed by atoms with Crippen molar-refractivity contribution in [2.45, 2.75) is 50.6 Å². The fourth-order valence-electron chi connectivity index (χ4n) is 4.82. The Morgan fingerprint density at radius 2 is 1.97 bits per heavy atom. The minimum atomic E-state index is -1.34. The van der Waals surface area contributed by atoms with Crippen molar-refractivity contribution in [1.29, 1.82) is 0 Å². The number of aryl methyl sites for hydroxylation is 2. The zero-order valence-corrected chi connectivity index (χ0v) is 20.6. The van der Waals surface area contributed by atoms with Gasteiger partial charge >= 0.3 is 0 Å². The first-order valence-electron chi connectivity index (χ1n) is 11.6. The Labute approximate surface area is 214 Å². The topological polar surface area (TPSA) is 140 Å². The molecule has 2 aliphatic rings. The molecule has 37 heavy (non-hydrogen) atoms. The summed E-state index contributed by atoms with van der Waals surface area (Å²) in [5.74, 6) is 0.0267. The summed E-state index contributed by atoms with van der Waals surface area (Å²) < 4.78 is 35.5. The van der Waals surface area contributed by atoms with Gasteiger partial charge in [0.15, 0.2) is 17.9 Å². The van der Waals surface area contributed by atoms with Crippen molar-refractivity contribution in [2.75, 3.05) is 6.61 Å². The van der Waals surface area contributed by atoms with Crippen LogP contribution in [0.2, 0.25) is 0 Å². The molecule has 1 N–H and O–H groups in total. The van der Waals surface area contributed by atoms with E-state index >= 15 is 4.39 Å². The van der Waals surface area contributed by atoms with Gasteiger partial charge in [0.2, 0.25) is 0 Å². The molecular formula is C24H22FN7O4S. The van der Waals surface area contributed by atoms with Crippen LogP contribution in [-0.2, 0) is 14.2 Å². The molecule has 11 nitrogen and oxygen atoms in total. The number of azide groups is 1. The third kappa shape index (κ3) is 4.15. The number of benzene rings is 2. The van der Waals surface area contributed by atoms with E-state index in [1.807, 2.05) is 37.3 Å². The maximum Gasteiger partial charge on any atom is 0.184 e. The molecule has 2 aliphatic heterocycles. The lowest BCUT2D eigenvalue weighted by Gasteiger charge is -2.46. The Hall–Kier alpha value is -3.45. The first kappa shape index (κ1) is 23.9. The summed E-state index contributed by atoms with van der Waals surface area (Å²) in [5, 5.41) is 20.3. The normalized spacial score (nSPS) is 27.6. The zero-order chi connectivity index (χ0) is 25.7. The molecule has 13 heteroatoms. The molecule has 2 fully saturated rings. The molecular weight excluding hydrogens is 501 g/mol. The van der Waals surface area contributed by atoms with Gasteiger partial charge in [-0.3, -0.25) is 0 Å². The van der Waals surface area contributed by atoms with Crippen molar-refractivity contribution in [2.24, 2.45) is 5.11 Å². The molecule has 0 aliphatic carbocycles. The second kappa shape index (κ2) is 9.45. The van der Waals surface area contributed by atoms with Crippen LogP contribution >= 0.6 is 11.3 Å². The smallest absolute Gasteiger partial charge is 0.184 e. The maximum atomic E-state index is 15.6. The number of fused-ring (bicyclic) bond motifs is 2. The molecule has 6 atom stereocenters. The van der Waals surface area contributed by atoms with E-state index < -0.39 is 42.6 Å². The second-order valence-electron chi connectivity index (χ2n) is 8.87. The Morgan fingerprint density at radius 3 is 2.76 bits per heavy atom. The number of nitrogens with zero attached hydrogens (tertiary/aromatic N) is 7. The molecule has 190 valence electrons. The van der Waals surface area contributed by atoms with Crippen molar-refractivity contribution >= 4 is 21.6 Å². The van der Waals surface area contributed by atoms with Gasteiger partial charge in [0.05, 0.1) is 34.0 Å². The van der Waals surface area contributed by atoms with Crippen molar-refractivity contribution < 1.29 is 23.7 Å². The number of aliphatic hydroxyl groups is 1. The molecule has 4 aromatic rings.